The fraction of sp³-hybridized carbons (Fsp3) is 0.692. The minimum atomic E-state index is -0.132. The minimum Gasteiger partial charge on any atom is -0.469 e. The van der Waals surface area contributed by atoms with Crippen LogP contribution in [0.4, 0.5) is 0 Å². The molecule has 0 amide bonds. The molecule has 15 heavy (non-hydrogen) atoms. The first-order valence-electron chi connectivity index (χ1n) is 5.75. The largest absolute Gasteiger partial charge is 0.469 e. The van der Waals surface area contributed by atoms with Crippen LogP contribution in [0.5, 0.6) is 0 Å². The predicted molar refractivity (Wildman–Crippen MR) is 59.7 cm³/mol. The van der Waals surface area contributed by atoms with Crippen LogP contribution >= 0.6 is 0 Å². The molecule has 84 valence electrons. The van der Waals surface area contributed by atoms with Crippen LogP contribution in [0.3, 0.4) is 0 Å². The van der Waals surface area contributed by atoms with Gasteiger partial charge in [0.05, 0.1) is 18.0 Å². The highest BCUT2D eigenvalue weighted by atomic mass is 16.5. The second-order valence-electron chi connectivity index (χ2n) is 5.12. The Labute approximate surface area is 91.6 Å². The number of hydrogen-bond acceptors (Lipinski definition) is 2. The van der Waals surface area contributed by atoms with Crippen molar-refractivity contribution >= 4 is 0 Å². The smallest absolute Gasteiger partial charge is 0.101 e. The molecule has 2 rings (SSSR count). The van der Waals surface area contributed by atoms with Gasteiger partial charge in [-0.15, -0.1) is 0 Å². The summed E-state index contributed by atoms with van der Waals surface area (Å²) in [6, 6.07) is 2.09. The van der Waals surface area contributed by atoms with Gasteiger partial charge in [-0.1, -0.05) is 13.8 Å². The first kappa shape index (κ1) is 10.7. The summed E-state index contributed by atoms with van der Waals surface area (Å²) in [6.45, 7) is 8.58. The summed E-state index contributed by atoms with van der Waals surface area (Å²) in [4.78, 5) is 0. The first-order chi connectivity index (χ1) is 7.01. The van der Waals surface area contributed by atoms with Crippen LogP contribution in [-0.2, 0) is 10.3 Å². The summed E-state index contributed by atoms with van der Waals surface area (Å²) in [5.74, 6) is 1.56. The van der Waals surface area contributed by atoms with E-state index in [1.807, 2.05) is 13.2 Å². The van der Waals surface area contributed by atoms with Crippen molar-refractivity contribution in [2.24, 2.45) is 5.92 Å². The van der Waals surface area contributed by atoms with Crippen molar-refractivity contribution in [1.82, 2.24) is 0 Å². The number of furan rings is 1. The molecule has 0 aromatic carbocycles. The topological polar surface area (TPSA) is 22.4 Å². The number of aryl methyl sites for hydroxylation is 1. The summed E-state index contributed by atoms with van der Waals surface area (Å²) in [7, 11) is 0. The predicted octanol–water partition coefficient (Wildman–Crippen LogP) is 3.64. The van der Waals surface area contributed by atoms with Crippen molar-refractivity contribution in [3.8, 4) is 0 Å². The number of ether oxygens (including phenoxy) is 1. The van der Waals surface area contributed by atoms with E-state index in [4.69, 9.17) is 9.15 Å². The number of rotatable bonds is 2. The summed E-state index contributed by atoms with van der Waals surface area (Å²) >= 11 is 0. The Hall–Kier alpha value is -0.760. The molecule has 2 atom stereocenters. The van der Waals surface area contributed by atoms with Crippen LogP contribution in [0.15, 0.2) is 16.7 Å². The molecule has 1 aromatic rings. The van der Waals surface area contributed by atoms with E-state index in [2.05, 4.69) is 26.8 Å². The molecule has 0 spiro atoms. The molecule has 0 bridgehead atoms. The van der Waals surface area contributed by atoms with Gasteiger partial charge in [0.1, 0.15) is 5.76 Å². The van der Waals surface area contributed by atoms with E-state index in [0.717, 1.165) is 18.6 Å². The molecule has 1 aliphatic heterocycles. The van der Waals surface area contributed by atoms with Crippen molar-refractivity contribution in [3.63, 3.8) is 0 Å². The van der Waals surface area contributed by atoms with Crippen LogP contribution in [0.1, 0.15) is 44.9 Å². The molecule has 0 saturated carbocycles. The van der Waals surface area contributed by atoms with Crippen molar-refractivity contribution in [1.29, 1.82) is 0 Å². The van der Waals surface area contributed by atoms with Crippen molar-refractivity contribution < 1.29 is 9.15 Å². The lowest BCUT2D eigenvalue weighted by atomic mass is 9.94. The Kier molecular flexibility index (Phi) is 2.63. The molecule has 1 aromatic heterocycles. The fourth-order valence-electron chi connectivity index (χ4n) is 2.27. The van der Waals surface area contributed by atoms with Gasteiger partial charge >= 0.3 is 0 Å². The highest BCUT2D eigenvalue weighted by Crippen LogP contribution is 2.41. The second-order valence-corrected chi connectivity index (χ2v) is 5.12. The lowest BCUT2D eigenvalue weighted by Crippen LogP contribution is -2.23. The molecule has 0 N–H and O–H groups in total. The summed E-state index contributed by atoms with van der Waals surface area (Å²) in [5.41, 5.74) is 1.05. The summed E-state index contributed by atoms with van der Waals surface area (Å²) in [6.07, 6.45) is 4.47. The van der Waals surface area contributed by atoms with E-state index in [1.165, 1.54) is 5.56 Å². The van der Waals surface area contributed by atoms with Gasteiger partial charge < -0.3 is 9.15 Å². The van der Waals surface area contributed by atoms with E-state index in [9.17, 15) is 0 Å². The van der Waals surface area contributed by atoms with E-state index in [1.54, 1.807) is 0 Å². The zero-order chi connectivity index (χ0) is 11.1. The second kappa shape index (κ2) is 3.67. The maximum atomic E-state index is 6.15. The Balaban J connectivity index is 2.16. The van der Waals surface area contributed by atoms with Crippen LogP contribution in [0, 0.1) is 12.8 Å². The SMILES string of the molecule is Cc1cc([C@]2(C)CC[C@@H](C(C)C)O2)co1. The van der Waals surface area contributed by atoms with Gasteiger partial charge in [-0.2, -0.15) is 0 Å². The molecule has 0 radical (unpaired) electrons. The molecule has 0 unspecified atom stereocenters. The molecule has 2 nitrogen and oxygen atoms in total. The lowest BCUT2D eigenvalue weighted by Gasteiger charge is -2.24. The van der Waals surface area contributed by atoms with Crippen LogP contribution < -0.4 is 0 Å². The van der Waals surface area contributed by atoms with Crippen molar-refractivity contribution in [2.75, 3.05) is 0 Å². The van der Waals surface area contributed by atoms with Gasteiger partial charge in [0.15, 0.2) is 0 Å². The molecular formula is C13H20O2. The standard InChI is InChI=1S/C13H20O2/c1-9(2)12-5-6-13(4,15-12)11-7-10(3)14-8-11/h7-9,12H,5-6H2,1-4H3/t12-,13-/m0/s1. The van der Waals surface area contributed by atoms with E-state index in [0.29, 0.717) is 12.0 Å². The van der Waals surface area contributed by atoms with Gasteiger partial charge in [0.25, 0.3) is 0 Å². The monoisotopic (exact) mass is 208 g/mol. The quantitative estimate of drug-likeness (QED) is 0.740. The van der Waals surface area contributed by atoms with Gasteiger partial charge in [-0.3, -0.25) is 0 Å². The molecule has 1 fully saturated rings. The Morgan fingerprint density at radius 3 is 2.67 bits per heavy atom. The van der Waals surface area contributed by atoms with E-state index in [-0.39, 0.29) is 5.60 Å². The van der Waals surface area contributed by atoms with E-state index >= 15 is 0 Å². The van der Waals surface area contributed by atoms with Crippen molar-refractivity contribution in [3.05, 3.63) is 23.7 Å². The third-order valence-electron chi connectivity index (χ3n) is 3.40. The third-order valence-corrected chi connectivity index (χ3v) is 3.40. The molecule has 1 saturated heterocycles. The Morgan fingerprint density at radius 1 is 1.47 bits per heavy atom. The Morgan fingerprint density at radius 2 is 2.20 bits per heavy atom. The maximum Gasteiger partial charge on any atom is 0.101 e. The van der Waals surface area contributed by atoms with Crippen LogP contribution in [0.25, 0.3) is 0 Å². The zero-order valence-electron chi connectivity index (χ0n) is 10.0. The van der Waals surface area contributed by atoms with Crippen LogP contribution in [-0.4, -0.2) is 6.10 Å². The molecule has 2 heterocycles. The van der Waals surface area contributed by atoms with Gasteiger partial charge in [0.2, 0.25) is 0 Å². The highest BCUT2D eigenvalue weighted by Gasteiger charge is 2.39. The number of hydrogen-bond donors (Lipinski definition) is 0. The van der Waals surface area contributed by atoms with Crippen LogP contribution in [0.2, 0.25) is 0 Å². The van der Waals surface area contributed by atoms with Gasteiger partial charge in [-0.05, 0) is 38.7 Å². The maximum absolute atomic E-state index is 6.15. The molecular weight excluding hydrogens is 188 g/mol. The van der Waals surface area contributed by atoms with Gasteiger partial charge in [-0.25, -0.2) is 0 Å². The lowest BCUT2D eigenvalue weighted by molar-refractivity contribution is -0.0502. The normalized spacial score (nSPS) is 31.4. The Bertz CT molecular complexity index is 340. The molecule has 0 aliphatic carbocycles. The highest BCUT2D eigenvalue weighted by molar-refractivity contribution is 5.20. The van der Waals surface area contributed by atoms with E-state index < -0.39 is 0 Å². The fourth-order valence-corrected chi connectivity index (χ4v) is 2.27. The molecule has 2 heteroatoms. The average molecular weight is 208 g/mol. The summed E-state index contributed by atoms with van der Waals surface area (Å²) < 4.78 is 11.5. The van der Waals surface area contributed by atoms with Crippen molar-refractivity contribution in [2.45, 2.75) is 52.2 Å². The first-order valence-corrected chi connectivity index (χ1v) is 5.75. The minimum absolute atomic E-state index is 0.132. The zero-order valence-corrected chi connectivity index (χ0v) is 10.0. The average Bonchev–Trinajstić information content (AvgIpc) is 2.73. The third kappa shape index (κ3) is 1.96. The molecule has 1 aliphatic rings. The van der Waals surface area contributed by atoms with Gasteiger partial charge in [0, 0.05) is 5.56 Å². The summed E-state index contributed by atoms with van der Waals surface area (Å²) in [5, 5.41) is 0.